The van der Waals surface area contributed by atoms with Crippen LogP contribution in [0.25, 0.3) is 0 Å². The fourth-order valence-corrected chi connectivity index (χ4v) is 1.54. The molecule has 0 aliphatic rings. The molecule has 1 aromatic carbocycles. The van der Waals surface area contributed by atoms with Crippen molar-refractivity contribution < 1.29 is 14.5 Å². The summed E-state index contributed by atoms with van der Waals surface area (Å²) in [6, 6.07) is 2.25. The van der Waals surface area contributed by atoms with E-state index in [1.165, 1.54) is 6.07 Å². The van der Waals surface area contributed by atoms with Gasteiger partial charge >= 0.3 is 5.97 Å². The highest BCUT2D eigenvalue weighted by Crippen LogP contribution is 2.33. The molecule has 0 atom stereocenters. The summed E-state index contributed by atoms with van der Waals surface area (Å²) in [6.45, 7) is 1.72. The van der Waals surface area contributed by atoms with Gasteiger partial charge in [0.2, 0.25) is 5.17 Å². The van der Waals surface area contributed by atoms with Crippen LogP contribution in [0.3, 0.4) is 0 Å². The van der Waals surface area contributed by atoms with E-state index >= 15 is 0 Å². The Hall–Kier alpha value is -1.57. The van der Waals surface area contributed by atoms with Crippen molar-refractivity contribution in [3.8, 4) is 0 Å². The van der Waals surface area contributed by atoms with Gasteiger partial charge in [0.25, 0.3) is 5.69 Å². The number of rotatable bonds is 5. The number of hydrazone groups is 1. The number of halogens is 3. The minimum atomic E-state index is -0.857. The molecule has 0 aliphatic heterocycles. The number of hydrogen-bond acceptors (Lipinski definition) is 6. The smallest absolute Gasteiger partial charge is 0.370 e. The molecule has 108 valence electrons. The summed E-state index contributed by atoms with van der Waals surface area (Å²) < 4.78 is 4.59. The molecule has 0 aliphatic carbocycles. The predicted octanol–water partition coefficient (Wildman–Crippen LogP) is 3.43. The second-order valence-corrected chi connectivity index (χ2v) is 4.45. The summed E-state index contributed by atoms with van der Waals surface area (Å²) in [7, 11) is 0. The number of nitro groups is 1. The Morgan fingerprint density at radius 3 is 2.60 bits per heavy atom. The lowest BCUT2D eigenvalue weighted by Gasteiger charge is -2.05. The van der Waals surface area contributed by atoms with Crippen molar-refractivity contribution in [2.24, 2.45) is 5.10 Å². The highest BCUT2D eigenvalue weighted by atomic mass is 35.5. The van der Waals surface area contributed by atoms with E-state index in [1.807, 2.05) is 0 Å². The third-order valence-electron chi connectivity index (χ3n) is 1.95. The number of carbonyl (C=O) groups is 1. The van der Waals surface area contributed by atoms with Crippen molar-refractivity contribution in [2.45, 2.75) is 6.92 Å². The number of carbonyl (C=O) groups excluding carboxylic acids is 1. The molecule has 0 heterocycles. The van der Waals surface area contributed by atoms with Gasteiger partial charge in [0, 0.05) is 6.07 Å². The molecule has 0 fully saturated rings. The molecule has 1 rings (SSSR count). The maximum Gasteiger partial charge on any atom is 0.370 e. The second-order valence-electron chi connectivity index (χ2n) is 3.28. The van der Waals surface area contributed by atoms with E-state index in [0.717, 1.165) is 6.07 Å². The molecule has 0 saturated heterocycles. The summed E-state index contributed by atoms with van der Waals surface area (Å²) in [5.41, 5.74) is 1.84. The fraction of sp³-hybridized carbons (Fsp3) is 0.200. The number of benzene rings is 1. The van der Waals surface area contributed by atoms with E-state index in [4.69, 9.17) is 34.8 Å². The van der Waals surface area contributed by atoms with E-state index in [1.54, 1.807) is 6.92 Å². The van der Waals surface area contributed by atoms with E-state index in [0.29, 0.717) is 0 Å². The van der Waals surface area contributed by atoms with Crippen molar-refractivity contribution in [1.29, 1.82) is 0 Å². The molecule has 0 spiro atoms. The average molecular weight is 341 g/mol. The second kappa shape index (κ2) is 7.28. The summed E-state index contributed by atoms with van der Waals surface area (Å²) >= 11 is 17.0. The number of esters is 1. The lowest BCUT2D eigenvalue weighted by atomic mass is 10.3. The first-order chi connectivity index (χ1) is 9.36. The van der Waals surface area contributed by atoms with Crippen molar-refractivity contribution in [3.63, 3.8) is 0 Å². The van der Waals surface area contributed by atoms with Gasteiger partial charge < -0.3 is 4.74 Å². The molecule has 0 saturated carbocycles. The number of nitro benzene ring substituents is 1. The Balaban J connectivity index is 3.03. The minimum absolute atomic E-state index is 0.0179. The monoisotopic (exact) mass is 339 g/mol. The molecule has 0 bridgehead atoms. The van der Waals surface area contributed by atoms with Gasteiger partial charge in [-0.1, -0.05) is 34.8 Å². The van der Waals surface area contributed by atoms with Crippen LogP contribution in [-0.2, 0) is 9.53 Å². The molecule has 0 radical (unpaired) electrons. The normalized spacial score (nSPS) is 11.1. The SMILES string of the molecule is CCOC(=O)/C(Cl)=N\Nc1cc(Cl)c(Cl)cc1[N+](=O)[O-]. The fourth-order valence-electron chi connectivity index (χ4n) is 1.12. The molecule has 10 heteroatoms. The van der Waals surface area contributed by atoms with Gasteiger partial charge in [0.15, 0.2) is 0 Å². The van der Waals surface area contributed by atoms with Crippen LogP contribution in [0.2, 0.25) is 10.0 Å². The minimum Gasteiger partial charge on any atom is -0.461 e. The molecular weight excluding hydrogens is 332 g/mol. The topological polar surface area (TPSA) is 93.8 Å². The predicted molar refractivity (Wildman–Crippen MR) is 76.7 cm³/mol. The first kappa shape index (κ1) is 16.5. The molecule has 7 nitrogen and oxygen atoms in total. The Morgan fingerprint density at radius 1 is 1.45 bits per heavy atom. The van der Waals surface area contributed by atoms with Gasteiger partial charge in [-0.3, -0.25) is 15.5 Å². The maximum absolute atomic E-state index is 11.2. The van der Waals surface area contributed by atoms with Crippen LogP contribution in [0.4, 0.5) is 11.4 Å². The highest BCUT2D eigenvalue weighted by Gasteiger charge is 2.17. The van der Waals surface area contributed by atoms with Crippen LogP contribution in [0, 0.1) is 10.1 Å². The summed E-state index contributed by atoms with van der Waals surface area (Å²) in [4.78, 5) is 21.4. The third-order valence-corrected chi connectivity index (χ3v) is 2.91. The van der Waals surface area contributed by atoms with Crippen LogP contribution < -0.4 is 5.43 Å². The summed E-state index contributed by atoms with van der Waals surface area (Å²) in [5.74, 6) is -0.857. The van der Waals surface area contributed by atoms with E-state index in [9.17, 15) is 14.9 Å². The van der Waals surface area contributed by atoms with Crippen LogP contribution in [0.5, 0.6) is 0 Å². The molecule has 1 aromatic rings. The first-order valence-corrected chi connectivity index (χ1v) is 6.30. The van der Waals surface area contributed by atoms with E-state index in [-0.39, 0.29) is 28.0 Å². The van der Waals surface area contributed by atoms with Gasteiger partial charge in [0.05, 0.1) is 21.6 Å². The zero-order valence-electron chi connectivity index (χ0n) is 10.0. The third kappa shape index (κ3) is 4.22. The average Bonchev–Trinajstić information content (AvgIpc) is 2.39. The molecule has 0 aromatic heterocycles. The van der Waals surface area contributed by atoms with Crippen LogP contribution in [-0.4, -0.2) is 22.7 Å². The molecule has 0 amide bonds. The lowest BCUT2D eigenvalue weighted by Crippen LogP contribution is -2.13. The Kier molecular flexibility index (Phi) is 6.00. The van der Waals surface area contributed by atoms with Gasteiger partial charge in [-0.2, -0.15) is 5.10 Å². The Labute approximate surface area is 128 Å². The summed E-state index contributed by atoms with van der Waals surface area (Å²) in [6.07, 6.45) is 0. The molecule has 1 N–H and O–H groups in total. The van der Waals surface area contributed by atoms with E-state index in [2.05, 4.69) is 15.3 Å². The van der Waals surface area contributed by atoms with Crippen molar-refractivity contribution in [2.75, 3.05) is 12.0 Å². The largest absolute Gasteiger partial charge is 0.461 e. The summed E-state index contributed by atoms with van der Waals surface area (Å²) in [5, 5.41) is 13.9. The Morgan fingerprint density at radius 2 is 2.05 bits per heavy atom. The quantitative estimate of drug-likeness (QED) is 0.383. The van der Waals surface area contributed by atoms with Gasteiger partial charge in [0.1, 0.15) is 5.69 Å². The number of nitrogens with one attached hydrogen (secondary N) is 1. The highest BCUT2D eigenvalue weighted by molar-refractivity contribution is 6.82. The number of anilines is 1. The van der Waals surface area contributed by atoms with E-state index < -0.39 is 16.1 Å². The van der Waals surface area contributed by atoms with Crippen LogP contribution in [0.1, 0.15) is 6.92 Å². The molecule has 0 unspecified atom stereocenters. The number of nitrogens with zero attached hydrogens (tertiary/aromatic N) is 2. The molecule has 20 heavy (non-hydrogen) atoms. The number of ether oxygens (including phenoxy) is 1. The van der Waals surface area contributed by atoms with Crippen LogP contribution >= 0.6 is 34.8 Å². The number of hydrogen-bond donors (Lipinski definition) is 1. The van der Waals surface area contributed by atoms with Crippen molar-refractivity contribution in [1.82, 2.24) is 0 Å². The maximum atomic E-state index is 11.2. The van der Waals surface area contributed by atoms with Gasteiger partial charge in [-0.15, -0.1) is 0 Å². The zero-order valence-corrected chi connectivity index (χ0v) is 12.3. The first-order valence-electron chi connectivity index (χ1n) is 5.16. The lowest BCUT2D eigenvalue weighted by molar-refractivity contribution is -0.383. The van der Waals surface area contributed by atoms with Crippen molar-refractivity contribution >= 4 is 57.3 Å². The van der Waals surface area contributed by atoms with Gasteiger partial charge in [-0.25, -0.2) is 4.79 Å². The Bertz CT molecular complexity index is 577. The standard InChI is InChI=1S/C10H8Cl3N3O4/c1-2-20-10(17)9(13)15-14-7-3-5(11)6(12)4-8(7)16(18)19/h3-4,14H,2H2,1H3/b15-9+. The zero-order chi connectivity index (χ0) is 15.3. The van der Waals surface area contributed by atoms with Crippen LogP contribution in [0.15, 0.2) is 17.2 Å². The van der Waals surface area contributed by atoms with Gasteiger partial charge in [-0.05, 0) is 13.0 Å². The van der Waals surface area contributed by atoms with Crippen molar-refractivity contribution in [3.05, 3.63) is 32.3 Å². The molecular formula is C10H8Cl3N3O4.